The zero-order valence-corrected chi connectivity index (χ0v) is 16.2. The van der Waals surface area contributed by atoms with E-state index in [0.717, 1.165) is 0 Å². The van der Waals surface area contributed by atoms with Crippen LogP contribution in [0.25, 0.3) is 0 Å². The van der Waals surface area contributed by atoms with Gasteiger partial charge in [-0.3, -0.25) is 4.79 Å². The van der Waals surface area contributed by atoms with Crippen molar-refractivity contribution in [2.24, 2.45) is 17.3 Å². The molecule has 5 N–H and O–H groups in total. The third-order valence-corrected chi connectivity index (χ3v) is 5.78. The highest BCUT2D eigenvalue weighted by Crippen LogP contribution is 2.46. The zero-order chi connectivity index (χ0) is 20.5. The van der Waals surface area contributed by atoms with Crippen LogP contribution in [0.5, 0.6) is 0 Å². The van der Waals surface area contributed by atoms with Crippen LogP contribution >= 0.6 is 0 Å². The highest BCUT2D eigenvalue weighted by Gasteiger charge is 2.50. The predicted molar refractivity (Wildman–Crippen MR) is 95.5 cm³/mol. The van der Waals surface area contributed by atoms with Crippen molar-refractivity contribution in [2.75, 3.05) is 6.61 Å². The van der Waals surface area contributed by atoms with Gasteiger partial charge in [-0.25, -0.2) is 0 Å². The van der Waals surface area contributed by atoms with Gasteiger partial charge < -0.3 is 35.0 Å². The van der Waals surface area contributed by atoms with E-state index >= 15 is 0 Å². The molecule has 156 valence electrons. The maximum Gasteiger partial charge on any atom is 0.187 e. The Kier molecular flexibility index (Phi) is 7.18. The van der Waals surface area contributed by atoms with Crippen LogP contribution in [0.3, 0.4) is 0 Å². The van der Waals surface area contributed by atoms with Crippen LogP contribution in [-0.4, -0.2) is 80.8 Å². The molecule has 8 nitrogen and oxygen atoms in total. The van der Waals surface area contributed by atoms with Gasteiger partial charge in [-0.1, -0.05) is 26.8 Å². The Morgan fingerprint density at radius 3 is 2.37 bits per heavy atom. The van der Waals surface area contributed by atoms with Crippen molar-refractivity contribution in [3.8, 4) is 0 Å². The molecule has 2 rings (SSSR count). The second-order valence-electron chi connectivity index (χ2n) is 8.41. The maximum absolute atomic E-state index is 11.4. The zero-order valence-electron chi connectivity index (χ0n) is 16.2. The number of hydrogen-bond acceptors (Lipinski definition) is 8. The molecule has 9 atom stereocenters. The molecule has 0 spiro atoms. The lowest BCUT2D eigenvalue weighted by Crippen LogP contribution is -2.61. The van der Waals surface area contributed by atoms with Gasteiger partial charge in [0, 0.05) is 0 Å². The van der Waals surface area contributed by atoms with Gasteiger partial charge in [0.1, 0.15) is 24.4 Å². The van der Waals surface area contributed by atoms with E-state index in [1.54, 1.807) is 0 Å². The second kappa shape index (κ2) is 8.65. The number of rotatable bonds is 5. The predicted octanol–water partition coefficient (Wildman–Crippen LogP) is -0.640. The number of aliphatic hydroxyl groups excluding tert-OH is 5. The molecule has 0 bridgehead atoms. The Hall–Kier alpha value is -0.870. The molecule has 0 aromatic carbocycles. The fourth-order valence-corrected chi connectivity index (χ4v) is 4.28. The quantitative estimate of drug-likeness (QED) is 0.392. The topological polar surface area (TPSA) is 137 Å². The molecule has 1 aliphatic heterocycles. The Morgan fingerprint density at radius 1 is 1.19 bits per heavy atom. The van der Waals surface area contributed by atoms with E-state index in [0.29, 0.717) is 6.42 Å². The maximum atomic E-state index is 11.4. The SMILES string of the molecule is CC(=O)/C=C/[C@H]1[C@H](C)[C@H](O[C@@H]2O[C@H](CO)[C@@H](O)[C@H](O)[C@H]2O)[C@@H](O)CC1(C)C. The minimum atomic E-state index is -1.54. The van der Waals surface area contributed by atoms with Crippen LogP contribution in [-0.2, 0) is 14.3 Å². The van der Waals surface area contributed by atoms with Crippen molar-refractivity contribution in [2.45, 2.75) is 77.0 Å². The molecule has 0 amide bonds. The molecule has 8 heteroatoms. The van der Waals surface area contributed by atoms with Gasteiger partial charge in [-0.05, 0) is 36.7 Å². The number of allylic oxidation sites excluding steroid dienone is 2. The number of carbonyl (C=O) groups excluding carboxylic acids is 1. The molecule has 0 aromatic heterocycles. The summed E-state index contributed by atoms with van der Waals surface area (Å²) < 4.78 is 11.2. The summed E-state index contributed by atoms with van der Waals surface area (Å²) in [4.78, 5) is 11.4. The Labute approximate surface area is 159 Å². The van der Waals surface area contributed by atoms with E-state index in [9.17, 15) is 30.3 Å². The first kappa shape index (κ1) is 22.4. The van der Waals surface area contributed by atoms with E-state index in [4.69, 9.17) is 9.47 Å². The van der Waals surface area contributed by atoms with Gasteiger partial charge in [-0.15, -0.1) is 0 Å². The van der Waals surface area contributed by atoms with Crippen LogP contribution in [0.2, 0.25) is 0 Å². The first-order chi connectivity index (χ1) is 12.5. The lowest BCUT2D eigenvalue weighted by atomic mass is 9.62. The van der Waals surface area contributed by atoms with Gasteiger partial charge in [0.2, 0.25) is 0 Å². The highest BCUT2D eigenvalue weighted by atomic mass is 16.7. The molecule has 1 aliphatic carbocycles. The smallest absolute Gasteiger partial charge is 0.187 e. The summed E-state index contributed by atoms with van der Waals surface area (Å²) in [7, 11) is 0. The summed E-state index contributed by atoms with van der Waals surface area (Å²) in [6, 6.07) is 0. The normalized spacial score (nSPS) is 45.1. The number of ether oxygens (including phenoxy) is 2. The van der Waals surface area contributed by atoms with Crippen molar-refractivity contribution in [3.05, 3.63) is 12.2 Å². The molecule has 0 unspecified atom stereocenters. The first-order valence-electron chi connectivity index (χ1n) is 9.32. The molecule has 1 heterocycles. The van der Waals surface area contributed by atoms with Gasteiger partial charge in [0.05, 0.1) is 18.8 Å². The highest BCUT2D eigenvalue weighted by molar-refractivity contribution is 5.87. The van der Waals surface area contributed by atoms with Crippen LogP contribution in [0.4, 0.5) is 0 Å². The number of ketones is 1. The fourth-order valence-electron chi connectivity index (χ4n) is 4.28. The second-order valence-corrected chi connectivity index (χ2v) is 8.41. The fraction of sp³-hybridized carbons (Fsp3) is 0.842. The van der Waals surface area contributed by atoms with Gasteiger partial charge in [0.25, 0.3) is 0 Å². The monoisotopic (exact) mass is 388 g/mol. The Morgan fingerprint density at radius 2 is 1.81 bits per heavy atom. The van der Waals surface area contributed by atoms with Crippen molar-refractivity contribution in [3.63, 3.8) is 0 Å². The lowest BCUT2D eigenvalue weighted by Gasteiger charge is -2.50. The molecule has 0 aromatic rings. The number of aliphatic hydroxyl groups is 5. The largest absolute Gasteiger partial charge is 0.394 e. The van der Waals surface area contributed by atoms with Crippen LogP contribution in [0, 0.1) is 17.3 Å². The number of hydrogen-bond donors (Lipinski definition) is 5. The average molecular weight is 388 g/mol. The summed E-state index contributed by atoms with van der Waals surface area (Å²) >= 11 is 0. The standard InChI is InChI=1S/C19H32O8/c1-9(21)5-6-11-10(2)17(12(22)7-19(11,3)4)27-18-16(25)15(24)14(23)13(8-20)26-18/h5-6,10-18,20,22-25H,7-8H2,1-4H3/b6-5+/t10-,11-,12-,13+,14+,15-,16+,17-,18-/m0/s1. The molecule has 0 radical (unpaired) electrons. The van der Waals surface area contributed by atoms with E-state index in [2.05, 4.69) is 0 Å². The summed E-state index contributed by atoms with van der Waals surface area (Å²) in [5, 5.41) is 49.9. The summed E-state index contributed by atoms with van der Waals surface area (Å²) in [5.41, 5.74) is -0.278. The molecule has 1 saturated carbocycles. The molecular formula is C19H32O8. The van der Waals surface area contributed by atoms with Gasteiger partial charge in [0.15, 0.2) is 12.1 Å². The summed E-state index contributed by atoms with van der Waals surface area (Å²) in [6.45, 7) is 6.81. The average Bonchev–Trinajstić information content (AvgIpc) is 2.57. The molecule has 2 aliphatic rings. The van der Waals surface area contributed by atoms with Crippen molar-refractivity contribution < 1.29 is 39.8 Å². The Bertz CT molecular complexity index is 546. The third-order valence-electron chi connectivity index (χ3n) is 5.78. The minimum absolute atomic E-state index is 0.0697. The van der Waals surface area contributed by atoms with Crippen LogP contribution in [0.15, 0.2) is 12.2 Å². The van der Waals surface area contributed by atoms with E-state index in [1.165, 1.54) is 13.0 Å². The molecule has 27 heavy (non-hydrogen) atoms. The third kappa shape index (κ3) is 4.76. The lowest BCUT2D eigenvalue weighted by molar-refractivity contribution is -0.326. The van der Waals surface area contributed by atoms with E-state index in [1.807, 2.05) is 26.8 Å². The minimum Gasteiger partial charge on any atom is -0.394 e. The van der Waals surface area contributed by atoms with Crippen molar-refractivity contribution in [1.29, 1.82) is 0 Å². The molecular weight excluding hydrogens is 356 g/mol. The van der Waals surface area contributed by atoms with Crippen molar-refractivity contribution in [1.82, 2.24) is 0 Å². The summed E-state index contributed by atoms with van der Waals surface area (Å²) in [5.74, 6) is -0.359. The molecule has 1 saturated heterocycles. The van der Waals surface area contributed by atoms with Gasteiger partial charge >= 0.3 is 0 Å². The molecule has 2 fully saturated rings. The van der Waals surface area contributed by atoms with E-state index in [-0.39, 0.29) is 23.0 Å². The van der Waals surface area contributed by atoms with E-state index < -0.39 is 49.5 Å². The Balaban J connectivity index is 2.20. The first-order valence-corrected chi connectivity index (χ1v) is 9.32. The van der Waals surface area contributed by atoms with Gasteiger partial charge in [-0.2, -0.15) is 0 Å². The van der Waals surface area contributed by atoms with Crippen molar-refractivity contribution >= 4 is 5.78 Å². The van der Waals surface area contributed by atoms with Crippen LogP contribution < -0.4 is 0 Å². The van der Waals surface area contributed by atoms with Crippen LogP contribution in [0.1, 0.15) is 34.1 Å². The number of carbonyl (C=O) groups is 1. The summed E-state index contributed by atoms with van der Waals surface area (Å²) in [6.07, 6.45) is -4.74.